The van der Waals surface area contributed by atoms with Gasteiger partial charge in [0.05, 0.1) is 0 Å². The van der Waals surface area contributed by atoms with Gasteiger partial charge in [0.25, 0.3) is 0 Å². The van der Waals surface area contributed by atoms with E-state index in [4.69, 9.17) is 0 Å². The van der Waals surface area contributed by atoms with Gasteiger partial charge >= 0.3 is 0 Å². The van der Waals surface area contributed by atoms with Crippen LogP contribution in [0.25, 0.3) is 0 Å². The number of hydrogen-bond donors (Lipinski definition) is 0. The van der Waals surface area contributed by atoms with E-state index >= 15 is 0 Å². The largest absolute Gasteiger partial charge is 0.0625 e. The van der Waals surface area contributed by atoms with Gasteiger partial charge in [-0.3, -0.25) is 0 Å². The summed E-state index contributed by atoms with van der Waals surface area (Å²) in [6.45, 7) is 14.5. The summed E-state index contributed by atoms with van der Waals surface area (Å²) in [6, 6.07) is 0. The predicted molar refractivity (Wildman–Crippen MR) is 64.2 cm³/mol. The Balaban J connectivity index is 2.74. The molecule has 1 fully saturated rings. The summed E-state index contributed by atoms with van der Waals surface area (Å²) >= 11 is 0. The minimum atomic E-state index is 0.872. The lowest BCUT2D eigenvalue weighted by Gasteiger charge is -2.32. The molecule has 0 radical (unpaired) electrons. The fourth-order valence-electron chi connectivity index (χ4n) is 3.63. The lowest BCUT2D eigenvalue weighted by Crippen LogP contribution is -2.26. The Hall–Kier alpha value is 0. The van der Waals surface area contributed by atoms with E-state index in [1.54, 1.807) is 0 Å². The van der Waals surface area contributed by atoms with Crippen LogP contribution in [0.4, 0.5) is 0 Å². The second-order valence-electron chi connectivity index (χ2n) is 6.21. The van der Waals surface area contributed by atoms with Crippen molar-refractivity contribution in [1.82, 2.24) is 0 Å². The second-order valence-corrected chi connectivity index (χ2v) is 6.21. The van der Waals surface area contributed by atoms with E-state index in [0.717, 1.165) is 35.5 Å². The molecule has 0 amide bonds. The normalized spacial score (nSPS) is 33.6. The maximum Gasteiger partial charge on any atom is -0.0329 e. The summed E-state index contributed by atoms with van der Waals surface area (Å²) in [5.41, 5.74) is 0. The average molecular weight is 196 g/mol. The standard InChI is InChI=1S/C14H28/c1-9(2)12-7-8-13(10(3)4)14(12)11(5)6/h9-14H,7-8H2,1-6H3/t12-,13?,14?/m0/s1. The van der Waals surface area contributed by atoms with Gasteiger partial charge in [0.1, 0.15) is 0 Å². The van der Waals surface area contributed by atoms with Crippen molar-refractivity contribution < 1.29 is 0 Å². The summed E-state index contributed by atoms with van der Waals surface area (Å²) in [4.78, 5) is 0. The Kier molecular flexibility index (Phi) is 4.04. The fraction of sp³-hybridized carbons (Fsp3) is 1.00. The lowest BCUT2D eigenvalue weighted by atomic mass is 9.73. The summed E-state index contributed by atoms with van der Waals surface area (Å²) < 4.78 is 0. The third-order valence-corrected chi connectivity index (χ3v) is 4.30. The zero-order valence-electron chi connectivity index (χ0n) is 10.9. The smallest absolute Gasteiger partial charge is 0.0329 e. The van der Waals surface area contributed by atoms with Crippen LogP contribution in [0.15, 0.2) is 0 Å². The Morgan fingerprint density at radius 2 is 1.00 bits per heavy atom. The van der Waals surface area contributed by atoms with Gasteiger partial charge in [-0.25, -0.2) is 0 Å². The van der Waals surface area contributed by atoms with E-state index < -0.39 is 0 Å². The Labute approximate surface area is 90.5 Å². The molecule has 0 heterocycles. The zero-order valence-corrected chi connectivity index (χ0v) is 10.9. The number of rotatable bonds is 3. The van der Waals surface area contributed by atoms with Crippen LogP contribution in [-0.2, 0) is 0 Å². The molecule has 0 aromatic carbocycles. The van der Waals surface area contributed by atoms with E-state index in [1.807, 2.05) is 0 Å². The van der Waals surface area contributed by atoms with E-state index in [9.17, 15) is 0 Å². The molecule has 14 heavy (non-hydrogen) atoms. The van der Waals surface area contributed by atoms with E-state index in [2.05, 4.69) is 41.5 Å². The van der Waals surface area contributed by atoms with Crippen molar-refractivity contribution in [3.05, 3.63) is 0 Å². The van der Waals surface area contributed by atoms with Crippen LogP contribution in [0.2, 0.25) is 0 Å². The first-order chi connectivity index (χ1) is 6.45. The third kappa shape index (κ3) is 2.32. The van der Waals surface area contributed by atoms with Crippen LogP contribution in [0.5, 0.6) is 0 Å². The SMILES string of the molecule is CC(C)C1CC[C@@H](C(C)C)C1C(C)C. The lowest BCUT2D eigenvalue weighted by molar-refractivity contribution is 0.159. The first-order valence-electron chi connectivity index (χ1n) is 6.45. The molecule has 84 valence electrons. The van der Waals surface area contributed by atoms with Crippen LogP contribution < -0.4 is 0 Å². The Bertz CT molecular complexity index is 151. The van der Waals surface area contributed by atoms with Crippen LogP contribution in [0, 0.1) is 35.5 Å². The first kappa shape index (κ1) is 12.1. The van der Waals surface area contributed by atoms with Gasteiger partial charge < -0.3 is 0 Å². The van der Waals surface area contributed by atoms with Crippen molar-refractivity contribution in [2.24, 2.45) is 35.5 Å². The van der Waals surface area contributed by atoms with Crippen LogP contribution in [0.3, 0.4) is 0 Å². The molecule has 0 nitrogen and oxygen atoms in total. The fourth-order valence-corrected chi connectivity index (χ4v) is 3.63. The molecule has 0 N–H and O–H groups in total. The highest BCUT2D eigenvalue weighted by molar-refractivity contribution is 4.89. The van der Waals surface area contributed by atoms with Crippen LogP contribution in [0.1, 0.15) is 54.4 Å². The van der Waals surface area contributed by atoms with E-state index in [1.165, 1.54) is 12.8 Å². The summed E-state index contributed by atoms with van der Waals surface area (Å²) in [5.74, 6) is 5.59. The maximum atomic E-state index is 2.42. The molecule has 1 rings (SSSR count). The molecular weight excluding hydrogens is 168 g/mol. The highest BCUT2D eigenvalue weighted by Gasteiger charge is 2.40. The van der Waals surface area contributed by atoms with Crippen molar-refractivity contribution in [2.45, 2.75) is 54.4 Å². The molecule has 2 unspecified atom stereocenters. The Morgan fingerprint density at radius 1 is 0.643 bits per heavy atom. The van der Waals surface area contributed by atoms with Crippen molar-refractivity contribution in [2.75, 3.05) is 0 Å². The monoisotopic (exact) mass is 196 g/mol. The average Bonchev–Trinajstić information content (AvgIpc) is 2.46. The molecule has 0 heteroatoms. The van der Waals surface area contributed by atoms with Crippen molar-refractivity contribution in [3.63, 3.8) is 0 Å². The van der Waals surface area contributed by atoms with Crippen LogP contribution in [-0.4, -0.2) is 0 Å². The zero-order chi connectivity index (χ0) is 10.9. The summed E-state index contributed by atoms with van der Waals surface area (Å²) in [6.07, 6.45) is 2.95. The van der Waals surface area contributed by atoms with Crippen LogP contribution >= 0.6 is 0 Å². The molecule has 1 saturated carbocycles. The highest BCUT2D eigenvalue weighted by atomic mass is 14.4. The van der Waals surface area contributed by atoms with Gasteiger partial charge in [0.2, 0.25) is 0 Å². The van der Waals surface area contributed by atoms with Gasteiger partial charge in [-0.2, -0.15) is 0 Å². The quantitative estimate of drug-likeness (QED) is 0.619. The molecule has 0 aromatic rings. The molecular formula is C14H28. The minimum absolute atomic E-state index is 0.872. The Morgan fingerprint density at radius 3 is 1.21 bits per heavy atom. The molecule has 0 bridgehead atoms. The van der Waals surface area contributed by atoms with Gasteiger partial charge in [-0.15, -0.1) is 0 Å². The van der Waals surface area contributed by atoms with Crippen molar-refractivity contribution in [3.8, 4) is 0 Å². The van der Waals surface area contributed by atoms with Gasteiger partial charge in [-0.05, 0) is 48.3 Å². The topological polar surface area (TPSA) is 0 Å². The van der Waals surface area contributed by atoms with E-state index in [-0.39, 0.29) is 0 Å². The maximum absolute atomic E-state index is 2.42. The van der Waals surface area contributed by atoms with Crippen molar-refractivity contribution in [1.29, 1.82) is 0 Å². The molecule has 3 atom stereocenters. The van der Waals surface area contributed by atoms with Gasteiger partial charge in [0.15, 0.2) is 0 Å². The van der Waals surface area contributed by atoms with Crippen molar-refractivity contribution >= 4 is 0 Å². The van der Waals surface area contributed by atoms with Gasteiger partial charge in [-0.1, -0.05) is 41.5 Å². The van der Waals surface area contributed by atoms with E-state index in [0.29, 0.717) is 0 Å². The second kappa shape index (κ2) is 4.68. The summed E-state index contributed by atoms with van der Waals surface area (Å²) in [7, 11) is 0. The molecule has 0 saturated heterocycles. The molecule has 1 aliphatic carbocycles. The molecule has 0 spiro atoms. The minimum Gasteiger partial charge on any atom is -0.0625 e. The molecule has 0 aliphatic heterocycles. The highest BCUT2D eigenvalue weighted by Crippen LogP contribution is 2.47. The first-order valence-corrected chi connectivity index (χ1v) is 6.45. The number of hydrogen-bond acceptors (Lipinski definition) is 0. The van der Waals surface area contributed by atoms with Gasteiger partial charge in [0, 0.05) is 0 Å². The summed E-state index contributed by atoms with van der Waals surface area (Å²) in [5, 5.41) is 0. The molecule has 1 aliphatic rings. The third-order valence-electron chi connectivity index (χ3n) is 4.30. The predicted octanol–water partition coefficient (Wildman–Crippen LogP) is 4.60. The molecule has 0 aromatic heterocycles.